The fourth-order valence-electron chi connectivity index (χ4n) is 3.64. The Balaban J connectivity index is 1.48. The average Bonchev–Trinajstić information content (AvgIpc) is 3.30. The third-order valence-corrected chi connectivity index (χ3v) is 8.32. The van der Waals surface area contributed by atoms with Gasteiger partial charge in [-0.25, -0.2) is 15.0 Å². The molecule has 0 saturated heterocycles. The highest BCUT2D eigenvalue weighted by atomic mass is 32.1. The fourth-order valence-corrected chi connectivity index (χ4v) is 5.28. The van der Waals surface area contributed by atoms with E-state index in [1.54, 1.807) is 23.7 Å². The van der Waals surface area contributed by atoms with Crippen LogP contribution in [0.1, 0.15) is 32.1 Å². The number of nitrogens with zero attached hydrogens (tertiary/aromatic N) is 5. The van der Waals surface area contributed by atoms with E-state index >= 15 is 0 Å². The number of rotatable bonds is 10. The molecule has 4 rings (SSSR count). The third-order valence-electron chi connectivity index (χ3n) is 5.58. The van der Waals surface area contributed by atoms with Gasteiger partial charge >= 0.3 is 6.01 Å². The van der Waals surface area contributed by atoms with Crippen molar-refractivity contribution in [3.8, 4) is 16.6 Å². The summed E-state index contributed by atoms with van der Waals surface area (Å²) in [5, 5.41) is 0.824. The van der Waals surface area contributed by atoms with Gasteiger partial charge in [0.1, 0.15) is 18.7 Å². The van der Waals surface area contributed by atoms with Crippen LogP contribution in [0.15, 0.2) is 42.9 Å². The van der Waals surface area contributed by atoms with E-state index in [0.29, 0.717) is 12.7 Å². The summed E-state index contributed by atoms with van der Waals surface area (Å²) < 4.78 is 12.1. The molecule has 176 valence electrons. The maximum absolute atomic E-state index is 6.06. The molecule has 0 N–H and O–H groups in total. The summed E-state index contributed by atoms with van der Waals surface area (Å²) >= 11 is 1.56. The lowest BCUT2D eigenvalue weighted by Gasteiger charge is -2.22. The van der Waals surface area contributed by atoms with Crippen LogP contribution >= 0.6 is 11.3 Å². The van der Waals surface area contributed by atoms with E-state index < -0.39 is 8.07 Å². The number of hydrogen-bond donors (Lipinski definition) is 0. The summed E-state index contributed by atoms with van der Waals surface area (Å²) in [5.41, 5.74) is 0.820. The molecule has 0 spiro atoms. The van der Waals surface area contributed by atoms with Gasteiger partial charge in [-0.15, -0.1) is 0 Å². The second-order valence-electron chi connectivity index (χ2n) is 9.57. The molecule has 0 aromatic carbocycles. The molecule has 3 aromatic rings. The fraction of sp³-hybridized carbons (Fsp3) is 0.500. The van der Waals surface area contributed by atoms with Gasteiger partial charge in [-0.05, 0) is 49.9 Å². The molecule has 33 heavy (non-hydrogen) atoms. The first-order chi connectivity index (χ1) is 16.0. The molecule has 3 aromatic heterocycles. The van der Waals surface area contributed by atoms with Crippen LogP contribution in [0.3, 0.4) is 0 Å². The van der Waals surface area contributed by atoms with E-state index in [1.165, 1.54) is 19.3 Å². The first-order valence-corrected chi connectivity index (χ1v) is 16.2. The van der Waals surface area contributed by atoms with Crippen molar-refractivity contribution < 1.29 is 9.47 Å². The third kappa shape index (κ3) is 7.06. The van der Waals surface area contributed by atoms with Crippen LogP contribution in [0.2, 0.25) is 25.7 Å². The molecule has 7 nitrogen and oxygen atoms in total. The molecule has 9 heteroatoms. The lowest BCUT2D eigenvalue weighted by molar-refractivity contribution is 0.142. The van der Waals surface area contributed by atoms with Gasteiger partial charge < -0.3 is 9.47 Å². The van der Waals surface area contributed by atoms with Crippen LogP contribution in [0.4, 0.5) is 10.9 Å². The number of thiazole rings is 1. The second kappa shape index (κ2) is 11.2. The van der Waals surface area contributed by atoms with E-state index in [2.05, 4.69) is 39.6 Å². The summed E-state index contributed by atoms with van der Waals surface area (Å²) in [4.78, 5) is 21.2. The highest BCUT2D eigenvalue weighted by Crippen LogP contribution is 2.34. The van der Waals surface area contributed by atoms with Gasteiger partial charge in [-0.2, -0.15) is 4.98 Å². The maximum Gasteiger partial charge on any atom is 0.317 e. The number of aromatic nitrogens is 4. The highest BCUT2D eigenvalue weighted by molar-refractivity contribution is 7.18. The molecule has 0 radical (unpaired) electrons. The number of hydrogen-bond acceptors (Lipinski definition) is 8. The quantitative estimate of drug-likeness (QED) is 0.194. The van der Waals surface area contributed by atoms with Crippen molar-refractivity contribution in [2.75, 3.05) is 18.2 Å². The predicted molar refractivity (Wildman–Crippen MR) is 136 cm³/mol. The smallest absolute Gasteiger partial charge is 0.317 e. The van der Waals surface area contributed by atoms with Gasteiger partial charge in [0.05, 0.1) is 10.6 Å². The number of pyridine rings is 1. The highest BCUT2D eigenvalue weighted by Gasteiger charge is 2.19. The Morgan fingerprint density at radius 1 is 1.03 bits per heavy atom. The zero-order valence-corrected chi connectivity index (χ0v) is 21.6. The normalized spacial score (nSPS) is 14.9. The Morgan fingerprint density at radius 2 is 1.88 bits per heavy atom. The monoisotopic (exact) mass is 483 g/mol. The Bertz CT molecular complexity index is 1010. The largest absolute Gasteiger partial charge is 0.460 e. The Hall–Kier alpha value is -2.36. The summed E-state index contributed by atoms with van der Waals surface area (Å²) in [7, 11) is -1.15. The molecule has 1 aliphatic carbocycles. The van der Waals surface area contributed by atoms with Crippen molar-refractivity contribution in [2.24, 2.45) is 0 Å². The predicted octanol–water partition coefficient (Wildman–Crippen LogP) is 6.16. The molecule has 0 amide bonds. The van der Waals surface area contributed by atoms with Crippen molar-refractivity contribution in [3.05, 3.63) is 42.9 Å². The molecule has 3 heterocycles. The topological polar surface area (TPSA) is 73.3 Å². The van der Waals surface area contributed by atoms with Gasteiger partial charge in [0.2, 0.25) is 0 Å². The van der Waals surface area contributed by atoms with Gasteiger partial charge in [0.25, 0.3) is 0 Å². The van der Waals surface area contributed by atoms with Crippen molar-refractivity contribution in [1.82, 2.24) is 19.9 Å². The molecule has 1 aliphatic rings. The summed E-state index contributed by atoms with van der Waals surface area (Å²) in [5.74, 6) is 0.815. The van der Waals surface area contributed by atoms with Gasteiger partial charge in [0, 0.05) is 33.3 Å². The van der Waals surface area contributed by atoms with Crippen LogP contribution in [0.25, 0.3) is 10.6 Å². The molecule has 0 atom stereocenters. The van der Waals surface area contributed by atoms with Gasteiger partial charge in [0.15, 0.2) is 5.13 Å². The molecule has 0 unspecified atom stereocenters. The van der Waals surface area contributed by atoms with Gasteiger partial charge in [-0.3, -0.25) is 4.90 Å². The standard InChI is InChI=1S/C24H33N5O2SSi/c1-33(2,3)16-15-30-18-29(22-11-7-8-13-25-22)24-27-17-21(32-24)20-12-14-26-23(28-20)31-19-9-5-4-6-10-19/h7-8,11-14,17,19H,4-6,9-10,15-16,18H2,1-3H3. The van der Waals surface area contributed by atoms with Crippen molar-refractivity contribution in [1.29, 1.82) is 0 Å². The molecule has 0 bridgehead atoms. The van der Waals surface area contributed by atoms with E-state index in [4.69, 9.17) is 9.47 Å². The summed E-state index contributed by atoms with van der Waals surface area (Å²) in [6.45, 7) is 8.22. The number of anilines is 2. The zero-order valence-electron chi connectivity index (χ0n) is 19.7. The lowest BCUT2D eigenvalue weighted by Crippen LogP contribution is -2.25. The molecular formula is C24H33N5O2SSi. The minimum Gasteiger partial charge on any atom is -0.460 e. The van der Waals surface area contributed by atoms with Crippen molar-refractivity contribution >= 4 is 30.4 Å². The Kier molecular flexibility index (Phi) is 8.05. The van der Waals surface area contributed by atoms with Crippen molar-refractivity contribution in [3.63, 3.8) is 0 Å². The number of ether oxygens (including phenoxy) is 2. The lowest BCUT2D eigenvalue weighted by atomic mass is 9.98. The van der Waals surface area contributed by atoms with E-state index in [0.717, 1.165) is 47.0 Å². The van der Waals surface area contributed by atoms with E-state index in [1.807, 2.05) is 35.4 Å². The van der Waals surface area contributed by atoms with Crippen LogP contribution < -0.4 is 9.64 Å². The minimum absolute atomic E-state index is 0.221. The minimum atomic E-state index is -1.15. The average molecular weight is 484 g/mol. The SMILES string of the molecule is C[Si](C)(C)CCOCN(c1ccccn1)c1ncc(-c2ccnc(OC3CCCCC3)n2)s1. The van der Waals surface area contributed by atoms with Crippen LogP contribution in [0, 0.1) is 0 Å². The Morgan fingerprint density at radius 3 is 2.64 bits per heavy atom. The molecule has 1 fully saturated rings. The van der Waals surface area contributed by atoms with Crippen LogP contribution in [0.5, 0.6) is 6.01 Å². The molecule has 1 saturated carbocycles. The van der Waals surface area contributed by atoms with E-state index in [-0.39, 0.29) is 6.10 Å². The second-order valence-corrected chi connectivity index (χ2v) is 16.2. The van der Waals surface area contributed by atoms with Crippen LogP contribution in [-0.2, 0) is 4.74 Å². The van der Waals surface area contributed by atoms with E-state index in [9.17, 15) is 0 Å². The summed E-state index contributed by atoms with van der Waals surface area (Å²) in [6.07, 6.45) is 11.5. The molecular weight excluding hydrogens is 450 g/mol. The maximum atomic E-state index is 6.06. The van der Waals surface area contributed by atoms with Crippen molar-refractivity contribution in [2.45, 2.75) is 63.9 Å². The summed E-state index contributed by atoms with van der Waals surface area (Å²) in [6, 6.07) is 9.34. The first kappa shape index (κ1) is 23.8. The molecule has 0 aliphatic heterocycles. The van der Waals surface area contributed by atoms with Gasteiger partial charge in [-0.1, -0.05) is 43.5 Å². The van der Waals surface area contributed by atoms with Crippen LogP contribution in [-0.4, -0.2) is 47.5 Å². The Labute approximate surface area is 201 Å². The zero-order chi connectivity index (χ0) is 23.1. The first-order valence-electron chi connectivity index (χ1n) is 11.7.